The van der Waals surface area contributed by atoms with Crippen LogP contribution in [0.25, 0.3) is 5.65 Å². The van der Waals surface area contributed by atoms with Crippen molar-refractivity contribution in [1.29, 1.82) is 0 Å². The Morgan fingerprint density at radius 3 is 2.73 bits per heavy atom. The van der Waals surface area contributed by atoms with Crippen molar-refractivity contribution in [3.63, 3.8) is 0 Å². The molecule has 1 aliphatic carbocycles. The number of rotatable bonds is 6. The molecule has 0 unspecified atom stereocenters. The van der Waals surface area contributed by atoms with E-state index in [0.29, 0.717) is 47.7 Å². The van der Waals surface area contributed by atoms with Crippen LogP contribution in [0.3, 0.4) is 0 Å². The van der Waals surface area contributed by atoms with Gasteiger partial charge in [0.2, 0.25) is 0 Å². The first kappa shape index (κ1) is 21.4. The zero-order valence-corrected chi connectivity index (χ0v) is 18.9. The molecule has 3 aromatic rings. The second kappa shape index (κ2) is 8.86. The summed E-state index contributed by atoms with van der Waals surface area (Å²) in [4.78, 5) is 30.7. The summed E-state index contributed by atoms with van der Waals surface area (Å²) in [6.45, 7) is 3.45. The minimum atomic E-state index is -0.185. The van der Waals surface area contributed by atoms with Crippen molar-refractivity contribution in [2.45, 2.75) is 44.7 Å². The molecule has 0 spiro atoms. The summed E-state index contributed by atoms with van der Waals surface area (Å²) in [6, 6.07) is 5.67. The monoisotopic (exact) mass is 451 g/mol. The molecule has 0 aromatic carbocycles. The number of pyridine rings is 1. The van der Waals surface area contributed by atoms with Crippen molar-refractivity contribution in [1.82, 2.24) is 24.5 Å². The van der Waals surface area contributed by atoms with Gasteiger partial charge in [0.1, 0.15) is 22.9 Å². The summed E-state index contributed by atoms with van der Waals surface area (Å²) in [5.41, 5.74) is 1.15. The maximum Gasteiger partial charge on any atom is 0.274 e. The highest BCUT2D eigenvalue weighted by Crippen LogP contribution is 2.27. The van der Waals surface area contributed by atoms with E-state index in [1.54, 1.807) is 28.3 Å². The van der Waals surface area contributed by atoms with Crippen LogP contribution in [-0.2, 0) is 4.74 Å². The Kier molecular flexibility index (Phi) is 5.76. The molecule has 2 fully saturated rings. The number of anilines is 3. The smallest absolute Gasteiger partial charge is 0.274 e. The maximum absolute atomic E-state index is 13.1. The first-order valence-electron chi connectivity index (χ1n) is 11.5. The van der Waals surface area contributed by atoms with Gasteiger partial charge < -0.3 is 25.3 Å². The molecular formula is C23H29N7O3. The van der Waals surface area contributed by atoms with E-state index < -0.39 is 0 Å². The van der Waals surface area contributed by atoms with Crippen molar-refractivity contribution in [3.05, 3.63) is 46.5 Å². The minimum Gasteiger partial charge on any atom is -0.381 e. The molecule has 10 heteroatoms. The lowest BCUT2D eigenvalue weighted by Crippen LogP contribution is -2.45. The zero-order chi connectivity index (χ0) is 22.9. The SMILES string of the molecule is CNc1cc(Nc2cccn(C3CCOCC3)c2=O)nc2c(C(=O)N[C@H]3CC[C@H]3C)cnn12. The van der Waals surface area contributed by atoms with E-state index in [4.69, 9.17) is 4.74 Å². The third kappa shape index (κ3) is 4.06. The van der Waals surface area contributed by atoms with Gasteiger partial charge in [-0.15, -0.1) is 0 Å². The van der Waals surface area contributed by atoms with Gasteiger partial charge in [0.25, 0.3) is 11.5 Å². The highest BCUT2D eigenvalue weighted by atomic mass is 16.5. The molecule has 2 aliphatic rings. The van der Waals surface area contributed by atoms with Crippen LogP contribution in [0.2, 0.25) is 0 Å². The van der Waals surface area contributed by atoms with Crippen LogP contribution in [-0.4, -0.2) is 51.4 Å². The van der Waals surface area contributed by atoms with Crippen molar-refractivity contribution in [3.8, 4) is 0 Å². The van der Waals surface area contributed by atoms with Gasteiger partial charge in [-0.05, 0) is 43.7 Å². The van der Waals surface area contributed by atoms with Gasteiger partial charge >= 0.3 is 0 Å². The lowest BCUT2D eigenvalue weighted by molar-refractivity contribution is 0.0687. The summed E-state index contributed by atoms with van der Waals surface area (Å²) >= 11 is 0. The number of aromatic nitrogens is 4. The molecule has 0 radical (unpaired) electrons. The van der Waals surface area contributed by atoms with Gasteiger partial charge in [-0.2, -0.15) is 9.61 Å². The average Bonchev–Trinajstić information content (AvgIpc) is 3.27. The van der Waals surface area contributed by atoms with E-state index >= 15 is 0 Å². The number of hydrogen-bond acceptors (Lipinski definition) is 7. The van der Waals surface area contributed by atoms with Gasteiger partial charge in [-0.1, -0.05) is 6.92 Å². The van der Waals surface area contributed by atoms with E-state index in [2.05, 4.69) is 33.0 Å². The molecule has 1 saturated heterocycles. The summed E-state index contributed by atoms with van der Waals surface area (Å²) in [7, 11) is 1.77. The van der Waals surface area contributed by atoms with Gasteiger partial charge in [-0.25, -0.2) is 4.98 Å². The summed E-state index contributed by atoms with van der Waals surface area (Å²) in [5, 5.41) is 13.7. The number of fused-ring (bicyclic) bond motifs is 1. The van der Waals surface area contributed by atoms with Crippen LogP contribution >= 0.6 is 0 Å². The van der Waals surface area contributed by atoms with E-state index in [0.717, 1.165) is 25.7 Å². The van der Waals surface area contributed by atoms with Crippen LogP contribution in [0.5, 0.6) is 0 Å². The maximum atomic E-state index is 13.1. The molecule has 3 N–H and O–H groups in total. The number of ether oxygens (including phenoxy) is 1. The van der Waals surface area contributed by atoms with Crippen molar-refractivity contribution >= 4 is 28.9 Å². The molecule has 0 bridgehead atoms. The first-order valence-corrected chi connectivity index (χ1v) is 11.5. The van der Waals surface area contributed by atoms with E-state index in [1.807, 2.05) is 12.3 Å². The fraction of sp³-hybridized carbons (Fsp3) is 0.478. The number of nitrogens with zero attached hydrogens (tertiary/aromatic N) is 4. The number of nitrogens with one attached hydrogen (secondary N) is 3. The number of carbonyl (C=O) groups excluding carboxylic acids is 1. The predicted molar refractivity (Wildman–Crippen MR) is 125 cm³/mol. The Morgan fingerprint density at radius 1 is 1.21 bits per heavy atom. The molecular weight excluding hydrogens is 422 g/mol. The molecule has 2 atom stereocenters. The second-order valence-corrected chi connectivity index (χ2v) is 8.81. The van der Waals surface area contributed by atoms with Gasteiger partial charge in [0, 0.05) is 44.6 Å². The molecule has 1 saturated carbocycles. The van der Waals surface area contributed by atoms with E-state index in [9.17, 15) is 9.59 Å². The fourth-order valence-electron chi connectivity index (χ4n) is 4.49. The normalized spacial score (nSPS) is 20.9. The first-order chi connectivity index (χ1) is 16.0. The highest BCUT2D eigenvalue weighted by Gasteiger charge is 2.29. The van der Waals surface area contributed by atoms with Gasteiger partial charge in [0.15, 0.2) is 5.65 Å². The Bertz CT molecular complexity index is 1230. The molecule has 33 heavy (non-hydrogen) atoms. The van der Waals surface area contributed by atoms with Crippen molar-refractivity contribution < 1.29 is 9.53 Å². The lowest BCUT2D eigenvalue weighted by Gasteiger charge is -2.34. The van der Waals surface area contributed by atoms with E-state index in [-0.39, 0.29) is 23.6 Å². The third-order valence-corrected chi connectivity index (χ3v) is 6.73. The number of amides is 1. The average molecular weight is 452 g/mol. The standard InChI is InChI=1S/C23H29N7O3/c1-14-5-6-17(14)27-22(31)16-13-25-30-20(24-2)12-19(28-21(16)30)26-18-4-3-9-29(23(18)32)15-7-10-33-11-8-15/h3-4,9,12-15,17,24H,5-8,10-11H2,1-2H3,(H,26,28)(H,27,31)/t14-,17+/m1/s1. The molecule has 5 rings (SSSR count). The molecule has 1 aliphatic heterocycles. The van der Waals surface area contributed by atoms with Crippen LogP contribution in [0.4, 0.5) is 17.3 Å². The van der Waals surface area contributed by atoms with Crippen molar-refractivity contribution in [2.75, 3.05) is 30.9 Å². The molecule has 10 nitrogen and oxygen atoms in total. The zero-order valence-electron chi connectivity index (χ0n) is 18.9. The Hall–Kier alpha value is -3.40. The van der Waals surface area contributed by atoms with Crippen LogP contribution < -0.4 is 21.5 Å². The Balaban J connectivity index is 1.46. The second-order valence-electron chi connectivity index (χ2n) is 8.81. The quantitative estimate of drug-likeness (QED) is 0.528. The van der Waals surface area contributed by atoms with Gasteiger partial charge in [0.05, 0.1) is 6.20 Å². The Labute approximate surface area is 191 Å². The third-order valence-electron chi connectivity index (χ3n) is 6.73. The lowest BCUT2D eigenvalue weighted by atomic mass is 9.81. The van der Waals surface area contributed by atoms with Crippen LogP contribution in [0.1, 0.15) is 49.0 Å². The molecule has 1 amide bonds. The van der Waals surface area contributed by atoms with Gasteiger partial charge in [-0.3, -0.25) is 9.59 Å². The van der Waals surface area contributed by atoms with Crippen molar-refractivity contribution in [2.24, 2.45) is 5.92 Å². The number of carbonyl (C=O) groups is 1. The summed E-state index contributed by atoms with van der Waals surface area (Å²) in [6.07, 6.45) is 7.09. The fourth-order valence-corrected chi connectivity index (χ4v) is 4.49. The molecule has 4 heterocycles. The number of hydrogen-bond donors (Lipinski definition) is 3. The van der Waals surface area contributed by atoms with E-state index in [1.165, 1.54) is 6.20 Å². The Morgan fingerprint density at radius 2 is 2.03 bits per heavy atom. The highest BCUT2D eigenvalue weighted by molar-refractivity contribution is 6.00. The minimum absolute atomic E-state index is 0.109. The van der Waals surface area contributed by atoms with Crippen LogP contribution in [0, 0.1) is 5.92 Å². The van der Waals surface area contributed by atoms with Crippen LogP contribution in [0.15, 0.2) is 35.4 Å². The predicted octanol–water partition coefficient (Wildman–Crippen LogP) is 2.56. The summed E-state index contributed by atoms with van der Waals surface area (Å²) in [5.74, 6) is 1.40. The molecule has 174 valence electrons. The topological polar surface area (TPSA) is 115 Å². The summed E-state index contributed by atoms with van der Waals surface area (Å²) < 4.78 is 8.78. The molecule has 3 aromatic heterocycles. The largest absolute Gasteiger partial charge is 0.381 e.